The van der Waals surface area contributed by atoms with Gasteiger partial charge in [0.05, 0.1) is 4.90 Å². The van der Waals surface area contributed by atoms with Crippen molar-refractivity contribution < 1.29 is 17.2 Å². The zero-order valence-corrected chi connectivity index (χ0v) is 27.5. The molecule has 0 amide bonds. The smallest absolute Gasteiger partial charge is 0.241 e. The van der Waals surface area contributed by atoms with Gasteiger partial charge in [0.25, 0.3) is 0 Å². The van der Waals surface area contributed by atoms with E-state index in [0.717, 1.165) is 72.0 Å². The summed E-state index contributed by atoms with van der Waals surface area (Å²) >= 11 is 3.74. The Morgan fingerprint density at radius 3 is 2.36 bits per heavy atom. The molecule has 0 heterocycles. The zero-order chi connectivity index (χ0) is 31.8. The van der Waals surface area contributed by atoms with Gasteiger partial charge in [-0.3, -0.25) is 4.99 Å². The summed E-state index contributed by atoms with van der Waals surface area (Å²) in [6.45, 7) is 0.569. The van der Waals surface area contributed by atoms with Crippen LogP contribution in [0.25, 0.3) is 5.57 Å². The lowest BCUT2D eigenvalue weighted by Crippen LogP contribution is -2.23. The molecule has 0 saturated carbocycles. The number of sulfonamides is 1. The number of hydrogen-bond acceptors (Lipinski definition) is 4. The highest BCUT2D eigenvalue weighted by molar-refractivity contribution is 9.12. The molecule has 3 aromatic carbocycles. The predicted octanol–water partition coefficient (Wildman–Crippen LogP) is 8.30. The highest BCUT2D eigenvalue weighted by Crippen LogP contribution is 2.32. The van der Waals surface area contributed by atoms with E-state index in [2.05, 4.69) is 73.5 Å². The fourth-order valence-corrected chi connectivity index (χ4v) is 6.85. The van der Waals surface area contributed by atoms with Crippen molar-refractivity contribution in [1.29, 1.82) is 0 Å². The van der Waals surface area contributed by atoms with Crippen LogP contribution in [0.15, 0.2) is 116 Å². The Balaban J connectivity index is 1.32. The first kappa shape index (κ1) is 32.7. The molecule has 0 aliphatic heterocycles. The summed E-state index contributed by atoms with van der Waals surface area (Å²) in [5, 5.41) is 3.67. The summed E-state index contributed by atoms with van der Waals surface area (Å²) in [6, 6.07) is 18.5. The molecule has 0 unspecified atom stereocenters. The molecule has 5 rings (SSSR count). The third-order valence-corrected chi connectivity index (χ3v) is 9.90. The summed E-state index contributed by atoms with van der Waals surface area (Å²) in [7, 11) is -2.30. The van der Waals surface area contributed by atoms with Crippen molar-refractivity contribution in [2.24, 2.45) is 4.99 Å². The van der Waals surface area contributed by atoms with Gasteiger partial charge in [-0.2, -0.15) is 0 Å². The number of benzene rings is 3. The standard InChI is InChI=1S/C36H36BrF2N3O2S/c1-40-24-36(37)30-8-3-2-7-29(35-9-5-4-6-28(35)16-25-10-11-25)17-33(18-30)41-22-26-12-14-27(15-13-26)23-42-45(43,44)34-20-31(38)19-32(39)21-34/h4-7,9-10,12-15,17,19-21,24,41-42H,2-3,8,11,16,18,22-23H2,1H3/b29-7+,33-17+,36-30+,40-24?. The van der Waals surface area contributed by atoms with E-state index in [1.54, 1.807) is 7.05 Å². The van der Waals surface area contributed by atoms with Crippen LogP contribution in [-0.2, 0) is 29.5 Å². The molecule has 9 heteroatoms. The molecule has 0 bridgehead atoms. The molecule has 2 aliphatic carbocycles. The number of aliphatic imine (C=N–C) groups is 1. The molecule has 0 atom stereocenters. The zero-order valence-electron chi connectivity index (χ0n) is 25.1. The maximum Gasteiger partial charge on any atom is 0.241 e. The minimum atomic E-state index is -4.07. The number of nitrogens with one attached hydrogen (secondary N) is 2. The topological polar surface area (TPSA) is 70.6 Å². The highest BCUT2D eigenvalue weighted by atomic mass is 79.9. The lowest BCUT2D eigenvalue weighted by Gasteiger charge is -2.16. The van der Waals surface area contributed by atoms with Crippen LogP contribution in [0.3, 0.4) is 0 Å². The Labute approximate surface area is 272 Å². The Morgan fingerprint density at radius 1 is 0.978 bits per heavy atom. The maximum absolute atomic E-state index is 13.5. The SMILES string of the molecule is CN=C/C(Br)=C1/CCC/C=C(c2ccccc2CC2=CC2)\C=C(\NCc2ccc(CNS(=O)(=O)c3cc(F)cc(F)c3)cc2)C1. The number of nitrogens with zero attached hydrogens (tertiary/aromatic N) is 1. The van der Waals surface area contributed by atoms with Gasteiger partial charge in [0, 0.05) is 49.0 Å². The van der Waals surface area contributed by atoms with Gasteiger partial charge in [-0.15, -0.1) is 0 Å². The second-order valence-electron chi connectivity index (χ2n) is 11.2. The van der Waals surface area contributed by atoms with E-state index in [1.165, 1.54) is 27.8 Å². The second-order valence-corrected chi connectivity index (χ2v) is 13.9. The van der Waals surface area contributed by atoms with Crippen molar-refractivity contribution in [3.8, 4) is 0 Å². The van der Waals surface area contributed by atoms with Crippen LogP contribution in [-0.4, -0.2) is 21.7 Å². The first-order valence-corrected chi connectivity index (χ1v) is 17.2. The highest BCUT2D eigenvalue weighted by Gasteiger charge is 2.17. The molecule has 2 aliphatic rings. The van der Waals surface area contributed by atoms with E-state index in [1.807, 2.05) is 30.5 Å². The summed E-state index contributed by atoms with van der Waals surface area (Å²) < 4.78 is 55.7. The average molecular weight is 693 g/mol. The van der Waals surface area contributed by atoms with Crippen LogP contribution in [0.1, 0.15) is 54.4 Å². The first-order chi connectivity index (χ1) is 21.7. The molecule has 0 radical (unpaired) electrons. The Bertz CT molecular complexity index is 1790. The van der Waals surface area contributed by atoms with Crippen LogP contribution in [0.5, 0.6) is 0 Å². The van der Waals surface area contributed by atoms with Gasteiger partial charge in [0.1, 0.15) is 11.6 Å². The summed E-state index contributed by atoms with van der Waals surface area (Å²) in [5.41, 5.74) is 9.44. The second kappa shape index (κ2) is 15.1. The van der Waals surface area contributed by atoms with E-state index >= 15 is 0 Å². The molecule has 0 aromatic heterocycles. The third kappa shape index (κ3) is 9.42. The van der Waals surface area contributed by atoms with Crippen LogP contribution in [0.4, 0.5) is 8.78 Å². The average Bonchev–Trinajstić information content (AvgIpc) is 3.82. The summed E-state index contributed by atoms with van der Waals surface area (Å²) in [6.07, 6.45) is 14.6. The Morgan fingerprint density at radius 2 is 1.67 bits per heavy atom. The van der Waals surface area contributed by atoms with Crippen molar-refractivity contribution in [3.63, 3.8) is 0 Å². The third-order valence-electron chi connectivity index (χ3n) is 7.75. The molecule has 0 fully saturated rings. The monoisotopic (exact) mass is 691 g/mol. The van der Waals surface area contributed by atoms with Gasteiger partial charge in [-0.25, -0.2) is 21.9 Å². The Kier molecular flexibility index (Phi) is 11.0. The number of halogens is 3. The molecule has 5 nitrogen and oxygen atoms in total. The molecule has 0 saturated heterocycles. The lowest BCUT2D eigenvalue weighted by atomic mass is 9.95. The molecular weight excluding hydrogens is 656 g/mol. The number of rotatable bonds is 11. The summed E-state index contributed by atoms with van der Waals surface area (Å²) in [4.78, 5) is 3.76. The van der Waals surface area contributed by atoms with E-state index in [4.69, 9.17) is 0 Å². The van der Waals surface area contributed by atoms with Crippen LogP contribution < -0.4 is 10.0 Å². The van der Waals surface area contributed by atoms with E-state index < -0.39 is 26.6 Å². The van der Waals surface area contributed by atoms with E-state index in [9.17, 15) is 17.2 Å². The minimum Gasteiger partial charge on any atom is -0.384 e. The van der Waals surface area contributed by atoms with Gasteiger partial charge in [-0.1, -0.05) is 66.3 Å². The van der Waals surface area contributed by atoms with Crippen molar-refractivity contribution in [2.45, 2.75) is 56.5 Å². The normalized spacial score (nSPS) is 19.0. The number of hydrogen-bond donors (Lipinski definition) is 2. The van der Waals surface area contributed by atoms with Gasteiger partial charge >= 0.3 is 0 Å². The minimum absolute atomic E-state index is 0.00897. The van der Waals surface area contributed by atoms with Crippen LogP contribution in [0, 0.1) is 11.6 Å². The fraction of sp³-hybridized carbons (Fsp3) is 0.250. The molecule has 0 spiro atoms. The Hall–Kier alpha value is -3.66. The molecule has 2 N–H and O–H groups in total. The predicted molar refractivity (Wildman–Crippen MR) is 181 cm³/mol. The number of allylic oxidation sites excluding steroid dienone is 7. The van der Waals surface area contributed by atoms with Crippen molar-refractivity contribution in [2.75, 3.05) is 7.05 Å². The van der Waals surface area contributed by atoms with Crippen LogP contribution in [0.2, 0.25) is 0 Å². The molecule has 45 heavy (non-hydrogen) atoms. The largest absolute Gasteiger partial charge is 0.384 e. The first-order valence-electron chi connectivity index (χ1n) is 14.9. The quantitative estimate of drug-likeness (QED) is 0.157. The van der Waals surface area contributed by atoms with Crippen molar-refractivity contribution >= 4 is 37.7 Å². The molecule has 3 aromatic rings. The fourth-order valence-electron chi connectivity index (χ4n) is 5.25. The van der Waals surface area contributed by atoms with Crippen LogP contribution >= 0.6 is 15.9 Å². The van der Waals surface area contributed by atoms with E-state index in [-0.39, 0.29) is 6.54 Å². The van der Waals surface area contributed by atoms with E-state index in [0.29, 0.717) is 12.6 Å². The van der Waals surface area contributed by atoms with Gasteiger partial charge < -0.3 is 5.32 Å². The van der Waals surface area contributed by atoms with Gasteiger partial charge in [0.15, 0.2) is 0 Å². The van der Waals surface area contributed by atoms with Crippen molar-refractivity contribution in [3.05, 3.63) is 140 Å². The summed E-state index contributed by atoms with van der Waals surface area (Å²) in [5.74, 6) is -1.89. The molecule has 234 valence electrons. The van der Waals surface area contributed by atoms with Gasteiger partial charge in [0.2, 0.25) is 10.0 Å². The lowest BCUT2D eigenvalue weighted by molar-refractivity contribution is 0.561. The maximum atomic E-state index is 13.5. The van der Waals surface area contributed by atoms with Gasteiger partial charge in [-0.05, 0) is 99.6 Å². The molecular formula is C36H36BrF2N3O2S. The van der Waals surface area contributed by atoms with Crippen molar-refractivity contribution in [1.82, 2.24) is 10.0 Å².